The summed E-state index contributed by atoms with van der Waals surface area (Å²) in [7, 11) is 1.60. The lowest BCUT2D eigenvalue weighted by molar-refractivity contribution is -0.127. The number of carbonyl (C=O) groups is 3. The Labute approximate surface area is 141 Å². The molecule has 128 valence electrons. The van der Waals surface area contributed by atoms with Crippen molar-refractivity contribution in [2.24, 2.45) is 0 Å². The molecule has 3 rings (SSSR count). The van der Waals surface area contributed by atoms with E-state index < -0.39 is 0 Å². The van der Waals surface area contributed by atoms with E-state index in [9.17, 15) is 14.4 Å². The van der Waals surface area contributed by atoms with Crippen LogP contribution in [0, 0.1) is 0 Å². The first-order valence-corrected chi connectivity index (χ1v) is 8.44. The minimum Gasteiger partial charge on any atom is -0.347 e. The van der Waals surface area contributed by atoms with Crippen molar-refractivity contribution in [2.75, 3.05) is 20.1 Å². The second-order valence-electron chi connectivity index (χ2n) is 6.64. The van der Waals surface area contributed by atoms with Crippen molar-refractivity contribution in [2.45, 2.75) is 37.6 Å². The van der Waals surface area contributed by atoms with Crippen molar-refractivity contribution >= 4 is 17.8 Å². The fourth-order valence-corrected chi connectivity index (χ4v) is 3.39. The van der Waals surface area contributed by atoms with Crippen molar-refractivity contribution in [3.05, 3.63) is 35.9 Å². The van der Waals surface area contributed by atoms with E-state index in [0.29, 0.717) is 19.4 Å². The van der Waals surface area contributed by atoms with Gasteiger partial charge in [-0.25, -0.2) is 4.79 Å². The molecule has 1 aliphatic carbocycles. The number of hydrogen-bond donors (Lipinski definition) is 1. The molecule has 2 aliphatic rings. The summed E-state index contributed by atoms with van der Waals surface area (Å²) >= 11 is 0. The average Bonchev–Trinajstić information content (AvgIpc) is 2.78. The largest absolute Gasteiger partial charge is 0.347 e. The van der Waals surface area contributed by atoms with Gasteiger partial charge in [-0.15, -0.1) is 0 Å². The fraction of sp³-hybridized carbons (Fsp3) is 0.500. The minimum absolute atomic E-state index is 0.0222. The molecule has 0 spiro atoms. The highest BCUT2D eigenvalue weighted by molar-refractivity contribution is 6.01. The van der Waals surface area contributed by atoms with Gasteiger partial charge in [0.05, 0.1) is 5.54 Å². The van der Waals surface area contributed by atoms with E-state index in [0.717, 1.165) is 24.8 Å². The van der Waals surface area contributed by atoms with Gasteiger partial charge in [-0.3, -0.25) is 14.5 Å². The molecule has 1 aromatic carbocycles. The number of hydrogen-bond acceptors (Lipinski definition) is 3. The smallest absolute Gasteiger partial charge is 0.326 e. The molecular formula is C18H23N3O3. The Bertz CT molecular complexity index is 640. The van der Waals surface area contributed by atoms with E-state index >= 15 is 0 Å². The highest BCUT2D eigenvalue weighted by Crippen LogP contribution is 2.41. The Morgan fingerprint density at radius 2 is 1.92 bits per heavy atom. The summed E-state index contributed by atoms with van der Waals surface area (Å²) in [4.78, 5) is 38.4. The molecule has 0 bridgehead atoms. The predicted molar refractivity (Wildman–Crippen MR) is 89.1 cm³/mol. The van der Waals surface area contributed by atoms with E-state index in [4.69, 9.17) is 0 Å². The maximum absolute atomic E-state index is 12.3. The van der Waals surface area contributed by atoms with Crippen LogP contribution in [0.2, 0.25) is 0 Å². The van der Waals surface area contributed by atoms with Crippen LogP contribution in [0.3, 0.4) is 0 Å². The number of benzene rings is 1. The number of amides is 4. The number of nitrogens with one attached hydrogen (secondary N) is 1. The van der Waals surface area contributed by atoms with Gasteiger partial charge in [0.15, 0.2) is 0 Å². The zero-order valence-corrected chi connectivity index (χ0v) is 14.0. The van der Waals surface area contributed by atoms with Crippen LogP contribution in [0.5, 0.6) is 0 Å². The number of nitrogens with zero attached hydrogens (tertiary/aromatic N) is 2. The Hall–Kier alpha value is -2.37. The Morgan fingerprint density at radius 1 is 1.21 bits per heavy atom. The van der Waals surface area contributed by atoms with Crippen LogP contribution in [0.15, 0.2) is 30.3 Å². The molecule has 0 aromatic heterocycles. The van der Waals surface area contributed by atoms with Gasteiger partial charge in [-0.2, -0.15) is 0 Å². The second-order valence-corrected chi connectivity index (χ2v) is 6.64. The van der Waals surface area contributed by atoms with Crippen LogP contribution < -0.4 is 5.32 Å². The van der Waals surface area contributed by atoms with Gasteiger partial charge in [-0.05, 0) is 31.2 Å². The Balaban J connectivity index is 1.51. The first-order valence-electron chi connectivity index (χ1n) is 8.44. The van der Waals surface area contributed by atoms with Crippen LogP contribution in [0.1, 0.15) is 37.7 Å². The Morgan fingerprint density at radius 3 is 2.46 bits per heavy atom. The molecule has 1 heterocycles. The SMILES string of the molecule is CN1CC(=O)N(CCCC(=O)NC2(c3ccccc3)CCC2)C1=O. The molecule has 0 unspecified atom stereocenters. The second kappa shape index (κ2) is 6.63. The first kappa shape index (κ1) is 16.5. The summed E-state index contributed by atoms with van der Waals surface area (Å²) in [6.45, 7) is 0.426. The summed E-state index contributed by atoms with van der Waals surface area (Å²) < 4.78 is 0. The summed E-state index contributed by atoms with van der Waals surface area (Å²) in [6, 6.07) is 9.78. The molecule has 6 heteroatoms. The summed E-state index contributed by atoms with van der Waals surface area (Å²) in [5.41, 5.74) is 0.911. The fourth-order valence-electron chi connectivity index (χ4n) is 3.39. The average molecular weight is 329 g/mol. The normalized spacial score (nSPS) is 19.4. The third-order valence-electron chi connectivity index (χ3n) is 4.93. The highest BCUT2D eigenvalue weighted by Gasteiger charge is 2.39. The third-order valence-corrected chi connectivity index (χ3v) is 4.93. The molecule has 4 amide bonds. The van der Waals surface area contributed by atoms with E-state index in [1.165, 1.54) is 9.80 Å². The van der Waals surface area contributed by atoms with Gasteiger partial charge >= 0.3 is 6.03 Å². The monoisotopic (exact) mass is 329 g/mol. The molecule has 1 aliphatic heterocycles. The zero-order valence-electron chi connectivity index (χ0n) is 14.0. The first-order chi connectivity index (χ1) is 11.5. The highest BCUT2D eigenvalue weighted by atomic mass is 16.2. The van der Waals surface area contributed by atoms with Gasteiger partial charge in [0.1, 0.15) is 6.54 Å². The quantitative estimate of drug-likeness (QED) is 0.810. The standard InChI is InChI=1S/C18H23N3O3/c1-20-13-16(23)21(17(20)24)12-5-9-15(22)19-18(10-6-11-18)14-7-3-2-4-8-14/h2-4,7-8H,5-6,9-13H2,1H3,(H,19,22). The molecule has 6 nitrogen and oxygen atoms in total. The van der Waals surface area contributed by atoms with E-state index in [2.05, 4.69) is 17.4 Å². The number of rotatable bonds is 6. The molecular weight excluding hydrogens is 306 g/mol. The van der Waals surface area contributed by atoms with Crippen molar-refractivity contribution in [1.82, 2.24) is 15.1 Å². The topological polar surface area (TPSA) is 69.7 Å². The zero-order chi connectivity index (χ0) is 17.2. The van der Waals surface area contributed by atoms with Crippen molar-refractivity contribution in [3.8, 4) is 0 Å². The number of imide groups is 1. The number of urea groups is 1. The minimum atomic E-state index is -0.278. The van der Waals surface area contributed by atoms with Crippen molar-refractivity contribution in [1.29, 1.82) is 0 Å². The van der Waals surface area contributed by atoms with Crippen molar-refractivity contribution < 1.29 is 14.4 Å². The van der Waals surface area contributed by atoms with Crippen LogP contribution in [0.25, 0.3) is 0 Å². The third kappa shape index (κ3) is 3.13. The van der Waals surface area contributed by atoms with Crippen LogP contribution >= 0.6 is 0 Å². The molecule has 1 saturated carbocycles. The van der Waals surface area contributed by atoms with E-state index in [-0.39, 0.29) is 29.9 Å². The van der Waals surface area contributed by atoms with Gasteiger partial charge in [0.25, 0.3) is 0 Å². The Kier molecular flexibility index (Phi) is 4.55. The molecule has 1 aromatic rings. The summed E-state index contributed by atoms with van der Waals surface area (Å²) in [6.07, 6.45) is 3.82. The maximum Gasteiger partial charge on any atom is 0.326 e. The van der Waals surface area contributed by atoms with Gasteiger partial charge in [0.2, 0.25) is 11.8 Å². The molecule has 1 N–H and O–H groups in total. The molecule has 1 saturated heterocycles. The van der Waals surface area contributed by atoms with Crippen LogP contribution in [-0.4, -0.2) is 47.8 Å². The molecule has 24 heavy (non-hydrogen) atoms. The summed E-state index contributed by atoms with van der Waals surface area (Å²) in [5.74, 6) is -0.214. The molecule has 0 atom stereocenters. The molecule has 0 radical (unpaired) electrons. The molecule has 2 fully saturated rings. The lowest BCUT2D eigenvalue weighted by Gasteiger charge is -2.43. The van der Waals surface area contributed by atoms with Gasteiger partial charge in [0, 0.05) is 20.0 Å². The van der Waals surface area contributed by atoms with E-state index in [1.54, 1.807) is 7.05 Å². The lowest BCUT2D eigenvalue weighted by atomic mass is 9.71. The van der Waals surface area contributed by atoms with E-state index in [1.807, 2.05) is 18.2 Å². The van der Waals surface area contributed by atoms with Gasteiger partial charge in [-0.1, -0.05) is 30.3 Å². The van der Waals surface area contributed by atoms with Gasteiger partial charge < -0.3 is 10.2 Å². The number of likely N-dealkylation sites (N-methyl/N-ethyl adjacent to an activating group) is 1. The maximum atomic E-state index is 12.3. The van der Waals surface area contributed by atoms with Crippen molar-refractivity contribution in [3.63, 3.8) is 0 Å². The number of carbonyl (C=O) groups excluding carboxylic acids is 3. The summed E-state index contributed by atoms with van der Waals surface area (Å²) in [5, 5.41) is 3.17. The van der Waals surface area contributed by atoms with Crippen LogP contribution in [0.4, 0.5) is 4.79 Å². The lowest BCUT2D eigenvalue weighted by Crippen LogP contribution is -2.50. The predicted octanol–water partition coefficient (Wildman–Crippen LogP) is 1.86. The van der Waals surface area contributed by atoms with Crippen LogP contribution in [-0.2, 0) is 15.1 Å².